The lowest BCUT2D eigenvalue weighted by molar-refractivity contribution is 0.153. The summed E-state index contributed by atoms with van der Waals surface area (Å²) in [5.74, 6) is 6.93. The van der Waals surface area contributed by atoms with Gasteiger partial charge in [-0.25, -0.2) is 4.39 Å². The molecule has 0 aliphatic heterocycles. The number of hydrogen-bond donors (Lipinski definition) is 2. The maximum Gasteiger partial charge on any atom is 0.123 e. The molecule has 1 aromatic rings. The smallest absolute Gasteiger partial charge is 0.123 e. The first-order valence-corrected chi connectivity index (χ1v) is 7.82. The van der Waals surface area contributed by atoms with Gasteiger partial charge in [0.25, 0.3) is 0 Å². The molecule has 118 valence electrons. The van der Waals surface area contributed by atoms with Gasteiger partial charge in [-0.05, 0) is 48.8 Å². The summed E-state index contributed by atoms with van der Waals surface area (Å²) in [4.78, 5) is 0. The minimum atomic E-state index is -0.247. The second kappa shape index (κ2) is 6.75. The quantitative estimate of drug-likeness (QED) is 0.617. The molecule has 0 heterocycles. The zero-order chi connectivity index (χ0) is 15.5. The van der Waals surface area contributed by atoms with E-state index in [1.165, 1.54) is 18.9 Å². The Morgan fingerprint density at radius 2 is 2.00 bits per heavy atom. The highest BCUT2D eigenvalue weighted by Gasteiger charge is 2.43. The first kappa shape index (κ1) is 16.2. The summed E-state index contributed by atoms with van der Waals surface area (Å²) in [6, 6.07) is 4.60. The summed E-state index contributed by atoms with van der Waals surface area (Å²) in [7, 11) is 1.62. The van der Waals surface area contributed by atoms with Gasteiger partial charge in [0.15, 0.2) is 0 Å². The molecule has 1 unspecified atom stereocenters. The first-order chi connectivity index (χ1) is 10.0. The predicted octanol–water partition coefficient (Wildman–Crippen LogP) is 3.95. The predicted molar refractivity (Wildman–Crippen MR) is 83.4 cm³/mol. The Bertz CT molecular complexity index is 470. The molecule has 1 aromatic carbocycles. The largest absolute Gasteiger partial charge is 0.496 e. The van der Waals surface area contributed by atoms with E-state index in [9.17, 15) is 4.39 Å². The SMILES string of the molecule is COc1ccc(F)cc1C(NN)C1(CC(C)C)CCCC1. The van der Waals surface area contributed by atoms with Crippen molar-refractivity contribution in [3.63, 3.8) is 0 Å². The lowest BCUT2D eigenvalue weighted by Crippen LogP contribution is -2.41. The number of ether oxygens (including phenoxy) is 1. The van der Waals surface area contributed by atoms with E-state index in [1.54, 1.807) is 19.2 Å². The van der Waals surface area contributed by atoms with Crippen LogP contribution in [0.1, 0.15) is 57.6 Å². The Kier molecular flexibility index (Phi) is 5.22. The van der Waals surface area contributed by atoms with Crippen molar-refractivity contribution in [2.75, 3.05) is 7.11 Å². The second-order valence-electron chi connectivity index (χ2n) is 6.65. The second-order valence-corrected chi connectivity index (χ2v) is 6.65. The van der Waals surface area contributed by atoms with E-state index >= 15 is 0 Å². The first-order valence-electron chi connectivity index (χ1n) is 7.82. The molecule has 1 saturated carbocycles. The van der Waals surface area contributed by atoms with E-state index in [0.717, 1.165) is 24.8 Å². The van der Waals surface area contributed by atoms with Crippen LogP contribution in [0.4, 0.5) is 4.39 Å². The van der Waals surface area contributed by atoms with E-state index in [4.69, 9.17) is 10.6 Å². The summed E-state index contributed by atoms with van der Waals surface area (Å²) < 4.78 is 19.2. The zero-order valence-corrected chi connectivity index (χ0v) is 13.3. The fourth-order valence-corrected chi connectivity index (χ4v) is 4.03. The molecule has 1 fully saturated rings. The summed E-state index contributed by atoms with van der Waals surface area (Å²) in [5, 5.41) is 0. The van der Waals surface area contributed by atoms with Gasteiger partial charge >= 0.3 is 0 Å². The molecule has 0 amide bonds. The molecule has 3 N–H and O–H groups in total. The van der Waals surface area contributed by atoms with Gasteiger partial charge in [0, 0.05) is 5.56 Å². The monoisotopic (exact) mass is 294 g/mol. The third-order valence-electron chi connectivity index (χ3n) is 4.70. The molecule has 1 aliphatic carbocycles. The molecule has 0 aromatic heterocycles. The van der Waals surface area contributed by atoms with Crippen molar-refractivity contribution in [2.24, 2.45) is 17.2 Å². The van der Waals surface area contributed by atoms with Crippen molar-refractivity contribution in [3.05, 3.63) is 29.6 Å². The van der Waals surface area contributed by atoms with Crippen LogP contribution < -0.4 is 16.0 Å². The van der Waals surface area contributed by atoms with Gasteiger partial charge in [0.1, 0.15) is 11.6 Å². The van der Waals surface area contributed by atoms with Crippen molar-refractivity contribution >= 4 is 0 Å². The van der Waals surface area contributed by atoms with Crippen molar-refractivity contribution in [3.8, 4) is 5.75 Å². The van der Waals surface area contributed by atoms with Crippen molar-refractivity contribution in [1.82, 2.24) is 5.43 Å². The minimum Gasteiger partial charge on any atom is -0.496 e. The highest BCUT2D eigenvalue weighted by atomic mass is 19.1. The number of halogens is 1. The average molecular weight is 294 g/mol. The highest BCUT2D eigenvalue weighted by molar-refractivity contribution is 5.38. The van der Waals surface area contributed by atoms with E-state index in [1.807, 2.05) is 0 Å². The van der Waals surface area contributed by atoms with Crippen LogP contribution in [-0.2, 0) is 0 Å². The molecule has 3 nitrogen and oxygen atoms in total. The number of nitrogens with one attached hydrogen (secondary N) is 1. The Balaban J connectivity index is 2.43. The minimum absolute atomic E-state index is 0.0759. The van der Waals surface area contributed by atoms with Crippen molar-refractivity contribution in [1.29, 1.82) is 0 Å². The Hall–Kier alpha value is -1.13. The Labute approximate surface area is 127 Å². The molecule has 0 bridgehead atoms. The van der Waals surface area contributed by atoms with Gasteiger partial charge < -0.3 is 4.74 Å². The molecule has 1 atom stereocenters. The molecule has 2 rings (SSSR count). The number of nitrogens with two attached hydrogens (primary N) is 1. The van der Waals surface area contributed by atoms with Crippen LogP contribution in [0.25, 0.3) is 0 Å². The number of hydrazine groups is 1. The highest BCUT2D eigenvalue weighted by Crippen LogP contribution is 2.52. The van der Waals surface area contributed by atoms with Crippen molar-refractivity contribution < 1.29 is 9.13 Å². The Morgan fingerprint density at radius 3 is 2.52 bits per heavy atom. The molecule has 21 heavy (non-hydrogen) atoms. The van der Waals surface area contributed by atoms with Crippen LogP contribution in [0.2, 0.25) is 0 Å². The summed E-state index contributed by atoms with van der Waals surface area (Å²) in [6.45, 7) is 4.47. The van der Waals surface area contributed by atoms with Crippen LogP contribution in [0.15, 0.2) is 18.2 Å². The van der Waals surface area contributed by atoms with Crippen molar-refractivity contribution in [2.45, 2.75) is 52.0 Å². The van der Waals surface area contributed by atoms with E-state index < -0.39 is 0 Å². The molecule has 0 spiro atoms. The number of rotatable bonds is 6. The van der Waals surface area contributed by atoms with Gasteiger partial charge in [0.2, 0.25) is 0 Å². The maximum absolute atomic E-state index is 13.7. The number of methoxy groups -OCH3 is 1. The lowest BCUT2D eigenvalue weighted by atomic mass is 9.70. The zero-order valence-electron chi connectivity index (χ0n) is 13.3. The molecular formula is C17H27FN2O. The van der Waals surface area contributed by atoms with E-state index in [2.05, 4.69) is 19.3 Å². The third kappa shape index (κ3) is 3.38. The molecule has 1 aliphatic rings. The van der Waals surface area contributed by atoms with Gasteiger partial charge in [-0.3, -0.25) is 11.3 Å². The van der Waals surface area contributed by atoms with Gasteiger partial charge in [-0.1, -0.05) is 26.7 Å². The van der Waals surface area contributed by atoms with E-state index in [-0.39, 0.29) is 17.3 Å². The van der Waals surface area contributed by atoms with Gasteiger partial charge in [-0.2, -0.15) is 0 Å². The van der Waals surface area contributed by atoms with Crippen LogP contribution in [-0.4, -0.2) is 7.11 Å². The van der Waals surface area contributed by atoms with Crippen LogP contribution in [0, 0.1) is 17.2 Å². The summed E-state index contributed by atoms with van der Waals surface area (Å²) in [5.41, 5.74) is 3.88. The molecule has 4 heteroatoms. The summed E-state index contributed by atoms with van der Waals surface area (Å²) in [6.07, 6.45) is 5.76. The normalized spacial score (nSPS) is 19.0. The third-order valence-corrected chi connectivity index (χ3v) is 4.70. The fraction of sp³-hybridized carbons (Fsp3) is 0.647. The topological polar surface area (TPSA) is 47.3 Å². The molecule has 0 saturated heterocycles. The number of hydrogen-bond acceptors (Lipinski definition) is 3. The Morgan fingerprint density at radius 1 is 1.33 bits per heavy atom. The van der Waals surface area contributed by atoms with E-state index in [0.29, 0.717) is 11.7 Å². The lowest BCUT2D eigenvalue weighted by Gasteiger charge is -2.39. The molecular weight excluding hydrogens is 267 g/mol. The standard InChI is InChI=1S/C17H27FN2O/c1-12(2)11-17(8-4-5-9-17)16(20-19)14-10-13(18)6-7-15(14)21-3/h6-7,10,12,16,20H,4-5,8-9,11,19H2,1-3H3. The van der Waals surface area contributed by atoms with Crippen LogP contribution >= 0.6 is 0 Å². The molecule has 0 radical (unpaired) electrons. The fourth-order valence-electron chi connectivity index (χ4n) is 4.03. The van der Waals surface area contributed by atoms with Crippen LogP contribution in [0.5, 0.6) is 5.75 Å². The van der Waals surface area contributed by atoms with Gasteiger partial charge in [-0.15, -0.1) is 0 Å². The number of benzene rings is 1. The summed E-state index contributed by atoms with van der Waals surface area (Å²) >= 11 is 0. The van der Waals surface area contributed by atoms with Gasteiger partial charge in [0.05, 0.1) is 13.2 Å². The average Bonchev–Trinajstić information content (AvgIpc) is 2.88. The van der Waals surface area contributed by atoms with Crippen LogP contribution in [0.3, 0.4) is 0 Å². The maximum atomic E-state index is 13.7.